The number of halogens is 3. The van der Waals surface area contributed by atoms with Crippen LogP contribution >= 0.6 is 11.3 Å². The molecule has 4 aliphatic rings. The molecule has 1 aliphatic heterocycles. The van der Waals surface area contributed by atoms with Gasteiger partial charge in [0.15, 0.2) is 0 Å². The Labute approximate surface area is 310 Å². The molecular formula is C36H44F3N5O7S2. The first-order valence-electron chi connectivity index (χ1n) is 17.7. The van der Waals surface area contributed by atoms with Crippen molar-refractivity contribution < 1.29 is 45.5 Å². The summed E-state index contributed by atoms with van der Waals surface area (Å²) in [6, 6.07) is 2.96. The van der Waals surface area contributed by atoms with Crippen molar-refractivity contribution in [2.75, 3.05) is 18.9 Å². The molecule has 2 heterocycles. The second kappa shape index (κ2) is 14.3. The van der Waals surface area contributed by atoms with Gasteiger partial charge in [0.1, 0.15) is 16.7 Å². The van der Waals surface area contributed by atoms with E-state index in [-0.39, 0.29) is 41.8 Å². The molecule has 0 unspecified atom stereocenters. The molecule has 12 nitrogen and oxygen atoms in total. The molecule has 1 aromatic carbocycles. The molecule has 3 N–H and O–H groups in total. The average Bonchev–Trinajstić information content (AvgIpc) is 3.94. The molecular weight excluding hydrogens is 736 g/mol. The van der Waals surface area contributed by atoms with Crippen LogP contribution in [0.3, 0.4) is 0 Å². The third-order valence-electron chi connectivity index (χ3n) is 10.4. The number of amides is 4. The van der Waals surface area contributed by atoms with Crippen molar-refractivity contribution in [1.29, 1.82) is 0 Å². The highest BCUT2D eigenvalue weighted by Crippen LogP contribution is 2.47. The van der Waals surface area contributed by atoms with E-state index in [0.29, 0.717) is 37.2 Å². The molecule has 6 rings (SSSR count). The zero-order valence-corrected chi connectivity index (χ0v) is 31.6. The van der Waals surface area contributed by atoms with Crippen LogP contribution in [0, 0.1) is 17.8 Å². The molecule has 3 saturated carbocycles. The summed E-state index contributed by atoms with van der Waals surface area (Å²) in [6.07, 6.45) is -0.0888. The maximum Gasteiger partial charge on any atom is 0.416 e. The molecule has 0 spiro atoms. The topological polar surface area (TPSA) is 164 Å². The molecule has 17 heteroatoms. The molecule has 2 aromatic rings. The van der Waals surface area contributed by atoms with E-state index in [0.717, 1.165) is 24.2 Å². The Morgan fingerprint density at radius 3 is 2.47 bits per heavy atom. The van der Waals surface area contributed by atoms with Gasteiger partial charge in [0, 0.05) is 35.9 Å². The summed E-state index contributed by atoms with van der Waals surface area (Å²) >= 11 is 1.22. The third kappa shape index (κ3) is 8.55. The fraction of sp³-hybridized carbons (Fsp3) is 0.583. The number of allylic oxidation sites excluding steroid dienone is 1. The zero-order valence-electron chi connectivity index (χ0n) is 29.9. The number of carbonyl (C=O) groups excluding carboxylic acids is 4. The van der Waals surface area contributed by atoms with Crippen LogP contribution in [0.25, 0.3) is 10.6 Å². The van der Waals surface area contributed by atoms with Crippen LogP contribution < -0.4 is 15.4 Å². The van der Waals surface area contributed by atoms with Gasteiger partial charge in [-0.05, 0) is 69.6 Å². The van der Waals surface area contributed by atoms with Crippen molar-refractivity contribution in [3.63, 3.8) is 0 Å². The fourth-order valence-electron chi connectivity index (χ4n) is 6.93. The van der Waals surface area contributed by atoms with E-state index in [2.05, 4.69) is 20.3 Å². The van der Waals surface area contributed by atoms with Gasteiger partial charge < -0.3 is 15.0 Å². The number of aromatic nitrogens is 1. The summed E-state index contributed by atoms with van der Waals surface area (Å²) in [6.45, 7) is 6.27. The van der Waals surface area contributed by atoms with E-state index in [9.17, 15) is 40.8 Å². The van der Waals surface area contributed by atoms with Crippen LogP contribution in [0.4, 0.5) is 23.7 Å². The van der Waals surface area contributed by atoms with E-state index in [1.165, 1.54) is 22.3 Å². The highest BCUT2D eigenvalue weighted by atomic mass is 32.2. The van der Waals surface area contributed by atoms with Crippen LogP contribution in [-0.2, 0) is 40.7 Å². The quantitative estimate of drug-likeness (QED) is 0.312. The van der Waals surface area contributed by atoms with Gasteiger partial charge in [-0.1, -0.05) is 32.9 Å². The molecule has 4 amide bonds. The Hall–Kier alpha value is -3.99. The van der Waals surface area contributed by atoms with Gasteiger partial charge in [-0.25, -0.2) is 18.2 Å². The van der Waals surface area contributed by atoms with Gasteiger partial charge in [0.25, 0.3) is 5.91 Å². The van der Waals surface area contributed by atoms with Crippen LogP contribution in [0.1, 0.15) is 83.4 Å². The molecule has 0 radical (unpaired) electrons. The third-order valence-corrected chi connectivity index (χ3v) is 13.1. The van der Waals surface area contributed by atoms with Crippen LogP contribution in [0.5, 0.6) is 0 Å². The van der Waals surface area contributed by atoms with Gasteiger partial charge in [-0.15, -0.1) is 11.3 Å². The number of nitrogens with one attached hydrogen (secondary N) is 3. The Morgan fingerprint density at radius 2 is 1.81 bits per heavy atom. The number of hydrogen-bond acceptors (Lipinski definition) is 9. The highest BCUT2D eigenvalue weighted by Gasteiger charge is 2.62. The first-order valence-corrected chi connectivity index (χ1v) is 20.2. The second-order valence-corrected chi connectivity index (χ2v) is 18.3. The standard InChI is InChI=1S/C36H44F3N5O7S2/c1-34(2,3)28-19-52-30(41-28)24-13-10-20(36(37,38)39)15-27(24)40-33(48)51-22-16-25-26(17-22)31(46)44(4)14-8-6-5-7-9-21-18-35(21,42-29(25)45)32(47)43-53(49,50)23-11-12-23/h7,9-10,13,15,19,21-23,25-26H,5-6,8,11-12,14,16-18H2,1-4H3,(H,40,48)(H,42,45)(H,43,47)/b9-7+/t21-,22-,25-,26-,35-/m1/s1. The van der Waals surface area contributed by atoms with Gasteiger partial charge in [0.2, 0.25) is 21.8 Å². The number of fused-ring (bicyclic) bond motifs is 2. The molecule has 288 valence electrons. The lowest BCUT2D eigenvalue weighted by Gasteiger charge is -2.26. The number of hydrogen-bond donors (Lipinski definition) is 3. The van der Waals surface area contributed by atoms with Crippen LogP contribution in [0.2, 0.25) is 0 Å². The summed E-state index contributed by atoms with van der Waals surface area (Å²) in [5, 5.41) is 6.76. The van der Waals surface area contributed by atoms with Gasteiger partial charge >= 0.3 is 12.3 Å². The Kier molecular flexibility index (Phi) is 10.5. The minimum Gasteiger partial charge on any atom is -0.446 e. The predicted octanol–water partition coefficient (Wildman–Crippen LogP) is 5.75. The van der Waals surface area contributed by atoms with E-state index in [1.807, 2.05) is 32.9 Å². The van der Waals surface area contributed by atoms with Crippen molar-refractivity contribution in [2.45, 2.75) is 101 Å². The summed E-state index contributed by atoms with van der Waals surface area (Å²) < 4.78 is 74.5. The number of alkyl halides is 3. The Balaban J connectivity index is 1.23. The lowest BCUT2D eigenvalue weighted by Crippen LogP contribution is -2.54. The minimum absolute atomic E-state index is 0.0515. The first kappa shape index (κ1) is 38.7. The summed E-state index contributed by atoms with van der Waals surface area (Å²) in [4.78, 5) is 60.7. The summed E-state index contributed by atoms with van der Waals surface area (Å²) in [5.74, 6) is -4.30. The molecule has 1 aromatic heterocycles. The number of thiazole rings is 1. The maximum absolute atomic E-state index is 14.0. The van der Waals surface area contributed by atoms with Gasteiger partial charge in [0.05, 0.1) is 34.0 Å². The van der Waals surface area contributed by atoms with Crippen molar-refractivity contribution in [3.05, 3.63) is 47.0 Å². The number of sulfonamides is 1. The fourth-order valence-corrected chi connectivity index (χ4v) is 9.38. The van der Waals surface area contributed by atoms with Crippen molar-refractivity contribution in [1.82, 2.24) is 19.9 Å². The van der Waals surface area contributed by atoms with E-state index in [1.54, 1.807) is 12.4 Å². The summed E-state index contributed by atoms with van der Waals surface area (Å²) in [7, 11) is -2.29. The van der Waals surface area contributed by atoms with Crippen molar-refractivity contribution in [2.24, 2.45) is 17.8 Å². The van der Waals surface area contributed by atoms with Crippen molar-refractivity contribution >= 4 is 50.9 Å². The summed E-state index contributed by atoms with van der Waals surface area (Å²) in [5.41, 5.74) is -2.04. The number of nitrogens with zero attached hydrogens (tertiary/aromatic N) is 2. The number of benzene rings is 1. The zero-order chi connectivity index (χ0) is 38.5. The Bertz CT molecular complexity index is 1920. The molecule has 0 saturated heterocycles. The first-order chi connectivity index (χ1) is 24.8. The molecule has 53 heavy (non-hydrogen) atoms. The predicted molar refractivity (Wildman–Crippen MR) is 191 cm³/mol. The van der Waals surface area contributed by atoms with Crippen LogP contribution in [0.15, 0.2) is 35.7 Å². The number of ether oxygens (including phenoxy) is 1. The highest BCUT2D eigenvalue weighted by molar-refractivity contribution is 7.91. The minimum atomic E-state index is -4.70. The van der Waals surface area contributed by atoms with Gasteiger partial charge in [-0.3, -0.25) is 24.4 Å². The second-order valence-electron chi connectivity index (χ2n) is 15.5. The van der Waals surface area contributed by atoms with E-state index in [4.69, 9.17) is 4.74 Å². The van der Waals surface area contributed by atoms with E-state index >= 15 is 0 Å². The number of anilines is 1. The SMILES string of the molecule is CN1CCCC/C=C/[C@@H]2C[C@@]2(C(=O)NS(=O)(=O)C2CC2)NC(=O)[C@@H]2C[C@@H](OC(=O)Nc3cc(C(F)(F)F)ccc3-c3nc(C(C)(C)C)cs3)C[C@H]2C1=O. The lowest BCUT2D eigenvalue weighted by atomic mass is 9.93. The maximum atomic E-state index is 14.0. The smallest absolute Gasteiger partial charge is 0.416 e. The molecule has 0 bridgehead atoms. The average molecular weight is 780 g/mol. The molecule has 3 aliphatic carbocycles. The van der Waals surface area contributed by atoms with Crippen molar-refractivity contribution in [3.8, 4) is 10.6 Å². The van der Waals surface area contributed by atoms with Crippen LogP contribution in [-0.4, -0.2) is 72.6 Å². The lowest BCUT2D eigenvalue weighted by molar-refractivity contribution is -0.140. The van der Waals surface area contributed by atoms with E-state index < -0.39 is 74.3 Å². The Morgan fingerprint density at radius 1 is 1.09 bits per heavy atom. The monoisotopic (exact) mass is 779 g/mol. The normalized spacial score (nSPS) is 27.5. The largest absolute Gasteiger partial charge is 0.446 e. The number of rotatable bonds is 6. The molecule has 3 fully saturated rings. The number of carbonyl (C=O) groups is 4. The molecule has 5 atom stereocenters. The van der Waals surface area contributed by atoms with Gasteiger partial charge in [-0.2, -0.15) is 13.2 Å².